The number of likely N-dealkylation sites (tertiary alicyclic amines) is 1. The number of hydrogen-bond acceptors (Lipinski definition) is 3. The number of hydrogen-bond donors (Lipinski definition) is 1. The molecule has 1 aromatic carbocycles. The molecule has 23 heavy (non-hydrogen) atoms. The smallest absolute Gasteiger partial charge is 0.126 e. The van der Waals surface area contributed by atoms with Gasteiger partial charge in [-0.1, -0.05) is 18.2 Å². The number of ether oxygens (including phenoxy) is 1. The highest BCUT2D eigenvalue weighted by molar-refractivity contribution is 5.18. The van der Waals surface area contributed by atoms with E-state index in [1.165, 1.54) is 6.07 Å². The fourth-order valence-electron chi connectivity index (χ4n) is 3.76. The summed E-state index contributed by atoms with van der Waals surface area (Å²) >= 11 is 0. The average molecular weight is 324 g/mol. The molecule has 3 rings (SSSR count). The highest BCUT2D eigenvalue weighted by Crippen LogP contribution is 2.24. The SMILES string of the molecule is N[C@@H]1[C@@H](F)CCO[C@@H]1CN1CCCC(Cc2ccccc2F)C1. The monoisotopic (exact) mass is 324 g/mol. The van der Waals surface area contributed by atoms with Gasteiger partial charge in [-0.25, -0.2) is 8.78 Å². The molecule has 0 spiro atoms. The number of alkyl halides is 1. The minimum absolute atomic E-state index is 0.123. The number of nitrogens with two attached hydrogens (primary N) is 1. The second kappa shape index (κ2) is 7.69. The van der Waals surface area contributed by atoms with Crippen LogP contribution in [0.15, 0.2) is 24.3 Å². The molecule has 2 saturated heterocycles. The molecule has 5 heteroatoms. The number of benzene rings is 1. The van der Waals surface area contributed by atoms with Gasteiger partial charge in [0.05, 0.1) is 12.1 Å². The van der Waals surface area contributed by atoms with Crippen LogP contribution in [0, 0.1) is 11.7 Å². The van der Waals surface area contributed by atoms with Crippen LogP contribution in [0.3, 0.4) is 0 Å². The maximum absolute atomic E-state index is 13.8. The van der Waals surface area contributed by atoms with Gasteiger partial charge in [0.1, 0.15) is 12.0 Å². The summed E-state index contributed by atoms with van der Waals surface area (Å²) in [7, 11) is 0. The molecule has 0 amide bonds. The van der Waals surface area contributed by atoms with E-state index in [9.17, 15) is 8.78 Å². The first-order valence-electron chi connectivity index (χ1n) is 8.60. The van der Waals surface area contributed by atoms with Crippen molar-refractivity contribution in [2.45, 2.75) is 44.0 Å². The molecule has 4 atom stereocenters. The predicted octanol–water partition coefficient (Wildman–Crippen LogP) is 2.53. The largest absolute Gasteiger partial charge is 0.375 e. The van der Waals surface area contributed by atoms with Gasteiger partial charge in [0.2, 0.25) is 0 Å². The van der Waals surface area contributed by atoms with Crippen molar-refractivity contribution in [3.63, 3.8) is 0 Å². The van der Waals surface area contributed by atoms with Crippen molar-refractivity contribution >= 4 is 0 Å². The summed E-state index contributed by atoms with van der Waals surface area (Å²) in [4.78, 5) is 2.30. The number of piperidine rings is 1. The van der Waals surface area contributed by atoms with Crippen molar-refractivity contribution in [2.24, 2.45) is 11.7 Å². The highest BCUT2D eigenvalue weighted by Gasteiger charge is 2.33. The van der Waals surface area contributed by atoms with Crippen LogP contribution in [0.5, 0.6) is 0 Å². The zero-order chi connectivity index (χ0) is 16.2. The lowest BCUT2D eigenvalue weighted by molar-refractivity contribution is -0.0534. The molecule has 2 N–H and O–H groups in total. The molecule has 128 valence electrons. The van der Waals surface area contributed by atoms with Gasteiger partial charge in [-0.15, -0.1) is 0 Å². The molecule has 2 aliphatic heterocycles. The lowest BCUT2D eigenvalue weighted by Crippen LogP contribution is -2.54. The molecule has 2 aliphatic rings. The molecular formula is C18H26F2N2O. The Balaban J connectivity index is 1.55. The zero-order valence-electron chi connectivity index (χ0n) is 13.5. The minimum atomic E-state index is -0.965. The van der Waals surface area contributed by atoms with Crippen LogP contribution >= 0.6 is 0 Å². The number of rotatable bonds is 4. The molecule has 0 radical (unpaired) electrons. The van der Waals surface area contributed by atoms with E-state index < -0.39 is 12.2 Å². The highest BCUT2D eigenvalue weighted by atomic mass is 19.1. The Morgan fingerprint density at radius 2 is 2.09 bits per heavy atom. The summed E-state index contributed by atoms with van der Waals surface area (Å²) in [6.07, 6.45) is 2.15. The normalized spacial score (nSPS) is 32.8. The Hall–Kier alpha value is -1.04. The van der Waals surface area contributed by atoms with E-state index in [0.717, 1.165) is 37.9 Å². The Labute approximate surface area is 136 Å². The van der Waals surface area contributed by atoms with Crippen LogP contribution in [-0.2, 0) is 11.2 Å². The summed E-state index contributed by atoms with van der Waals surface area (Å²) < 4.78 is 33.2. The fraction of sp³-hybridized carbons (Fsp3) is 0.667. The molecule has 1 unspecified atom stereocenters. The maximum Gasteiger partial charge on any atom is 0.126 e. The Kier molecular flexibility index (Phi) is 5.62. The van der Waals surface area contributed by atoms with Crippen LogP contribution in [0.1, 0.15) is 24.8 Å². The van der Waals surface area contributed by atoms with Crippen LogP contribution in [0.2, 0.25) is 0 Å². The topological polar surface area (TPSA) is 38.5 Å². The van der Waals surface area contributed by atoms with Crippen molar-refractivity contribution in [2.75, 3.05) is 26.2 Å². The zero-order valence-corrected chi connectivity index (χ0v) is 13.5. The fourth-order valence-corrected chi connectivity index (χ4v) is 3.76. The summed E-state index contributed by atoms with van der Waals surface area (Å²) in [6.45, 7) is 3.01. The summed E-state index contributed by atoms with van der Waals surface area (Å²) in [5.41, 5.74) is 6.73. The first-order valence-corrected chi connectivity index (χ1v) is 8.60. The van der Waals surface area contributed by atoms with Crippen LogP contribution < -0.4 is 5.73 Å². The third-order valence-electron chi connectivity index (χ3n) is 5.08. The van der Waals surface area contributed by atoms with E-state index in [2.05, 4.69) is 4.90 Å². The quantitative estimate of drug-likeness (QED) is 0.925. The van der Waals surface area contributed by atoms with Gasteiger partial charge < -0.3 is 15.4 Å². The molecular weight excluding hydrogens is 298 g/mol. The van der Waals surface area contributed by atoms with Crippen molar-refractivity contribution < 1.29 is 13.5 Å². The van der Waals surface area contributed by atoms with Crippen molar-refractivity contribution in [3.05, 3.63) is 35.6 Å². The Morgan fingerprint density at radius 3 is 2.91 bits per heavy atom. The minimum Gasteiger partial charge on any atom is -0.375 e. The second-order valence-electron chi connectivity index (χ2n) is 6.85. The lowest BCUT2D eigenvalue weighted by atomic mass is 9.90. The van der Waals surface area contributed by atoms with Crippen molar-refractivity contribution in [1.29, 1.82) is 0 Å². The third kappa shape index (κ3) is 4.28. The van der Waals surface area contributed by atoms with Crippen LogP contribution in [0.4, 0.5) is 8.78 Å². The first-order chi connectivity index (χ1) is 11.1. The molecule has 0 saturated carbocycles. The van der Waals surface area contributed by atoms with Gasteiger partial charge in [-0.3, -0.25) is 0 Å². The maximum atomic E-state index is 13.8. The van der Waals surface area contributed by atoms with E-state index in [1.807, 2.05) is 12.1 Å². The summed E-state index contributed by atoms with van der Waals surface area (Å²) in [5, 5.41) is 0. The van der Waals surface area contributed by atoms with E-state index in [1.54, 1.807) is 6.07 Å². The first kappa shape index (κ1) is 16.8. The number of halogens is 2. The standard InChI is InChI=1S/C18H26F2N2O/c19-15-6-2-1-5-14(15)10-13-4-3-8-22(11-13)12-17-18(21)16(20)7-9-23-17/h1-2,5-6,13,16-18H,3-4,7-12,21H2/t13?,16-,17+,18+/m0/s1. The molecule has 2 fully saturated rings. The van der Waals surface area contributed by atoms with Gasteiger partial charge in [0.25, 0.3) is 0 Å². The van der Waals surface area contributed by atoms with Gasteiger partial charge in [-0.2, -0.15) is 0 Å². The van der Waals surface area contributed by atoms with E-state index in [0.29, 0.717) is 25.5 Å². The van der Waals surface area contributed by atoms with Gasteiger partial charge in [0.15, 0.2) is 0 Å². The van der Waals surface area contributed by atoms with E-state index in [-0.39, 0.29) is 11.9 Å². The lowest BCUT2D eigenvalue weighted by Gasteiger charge is -2.38. The second-order valence-corrected chi connectivity index (χ2v) is 6.85. The number of nitrogens with zero attached hydrogens (tertiary/aromatic N) is 1. The molecule has 1 aromatic rings. The molecule has 0 bridgehead atoms. The van der Waals surface area contributed by atoms with Gasteiger partial charge in [0, 0.05) is 26.1 Å². The predicted molar refractivity (Wildman–Crippen MR) is 86.5 cm³/mol. The molecule has 0 aromatic heterocycles. The van der Waals surface area contributed by atoms with Crippen LogP contribution in [-0.4, -0.2) is 49.5 Å². The Morgan fingerprint density at radius 1 is 1.26 bits per heavy atom. The summed E-state index contributed by atoms with van der Waals surface area (Å²) in [5.74, 6) is 0.309. The average Bonchev–Trinajstić information content (AvgIpc) is 2.55. The van der Waals surface area contributed by atoms with Crippen LogP contribution in [0.25, 0.3) is 0 Å². The Bertz CT molecular complexity index is 514. The van der Waals surface area contributed by atoms with E-state index in [4.69, 9.17) is 10.5 Å². The van der Waals surface area contributed by atoms with Gasteiger partial charge in [-0.05, 0) is 43.4 Å². The van der Waals surface area contributed by atoms with E-state index >= 15 is 0 Å². The molecule has 3 nitrogen and oxygen atoms in total. The summed E-state index contributed by atoms with van der Waals surface area (Å²) in [6, 6.07) is 6.46. The van der Waals surface area contributed by atoms with Crippen molar-refractivity contribution in [1.82, 2.24) is 4.90 Å². The molecule has 2 heterocycles. The third-order valence-corrected chi connectivity index (χ3v) is 5.08. The molecule has 0 aliphatic carbocycles. The van der Waals surface area contributed by atoms with Gasteiger partial charge >= 0.3 is 0 Å². The van der Waals surface area contributed by atoms with Crippen molar-refractivity contribution in [3.8, 4) is 0 Å².